The number of methoxy groups -OCH3 is 1. The largest absolute Gasteiger partial charge is 0.497 e. The average Bonchev–Trinajstić information content (AvgIpc) is 3.16. The summed E-state index contributed by atoms with van der Waals surface area (Å²) in [5, 5.41) is 0. The van der Waals surface area contributed by atoms with E-state index < -0.39 is 5.69 Å². The summed E-state index contributed by atoms with van der Waals surface area (Å²) in [6, 6.07) is 7.56. The van der Waals surface area contributed by atoms with Crippen molar-refractivity contribution in [2.75, 3.05) is 7.11 Å². The number of rotatable bonds is 2. The molecule has 4 aromatic rings. The van der Waals surface area contributed by atoms with Gasteiger partial charge in [-0.25, -0.2) is 4.79 Å². The van der Waals surface area contributed by atoms with Crippen LogP contribution in [0, 0.1) is 0 Å². The number of aromatic amines is 1. The zero-order valence-electron chi connectivity index (χ0n) is 13.4. The predicted octanol–water partition coefficient (Wildman–Crippen LogP) is 0.889. The van der Waals surface area contributed by atoms with Crippen molar-refractivity contribution in [1.82, 2.24) is 23.5 Å². The molecule has 24 heavy (non-hydrogen) atoms. The third kappa shape index (κ3) is 1.82. The molecule has 0 aliphatic carbocycles. The fourth-order valence-corrected chi connectivity index (χ4v) is 2.83. The zero-order chi connectivity index (χ0) is 17.0. The number of nitrogens with zero attached hydrogens (tertiary/aromatic N) is 4. The number of nitrogens with one attached hydrogen (secondary N) is 1. The highest BCUT2D eigenvalue weighted by Gasteiger charge is 2.17. The second kappa shape index (κ2) is 4.85. The van der Waals surface area contributed by atoms with Crippen LogP contribution in [0.25, 0.3) is 28.2 Å². The third-order valence-electron chi connectivity index (χ3n) is 4.20. The molecule has 0 aliphatic heterocycles. The number of hydrogen-bond donors (Lipinski definition) is 1. The SMILES string of the molecule is COc1ccc(-c2cn3c(nc4c3c(=O)n(C)c(=O)n4C)[nH]2)cc1. The van der Waals surface area contributed by atoms with Gasteiger partial charge in [0.05, 0.1) is 12.8 Å². The molecule has 0 atom stereocenters. The van der Waals surface area contributed by atoms with Gasteiger partial charge < -0.3 is 9.72 Å². The minimum absolute atomic E-state index is 0.357. The van der Waals surface area contributed by atoms with Crippen LogP contribution < -0.4 is 16.0 Å². The maximum Gasteiger partial charge on any atom is 0.332 e. The molecule has 1 aromatic carbocycles. The van der Waals surface area contributed by atoms with Crippen molar-refractivity contribution in [3.63, 3.8) is 0 Å². The lowest BCUT2D eigenvalue weighted by Gasteiger charge is -2.02. The molecule has 3 heterocycles. The minimum atomic E-state index is -0.399. The molecule has 0 amide bonds. The Morgan fingerprint density at radius 2 is 1.79 bits per heavy atom. The normalized spacial score (nSPS) is 11.5. The molecule has 0 bridgehead atoms. The van der Waals surface area contributed by atoms with Crippen molar-refractivity contribution < 1.29 is 4.74 Å². The van der Waals surface area contributed by atoms with Crippen LogP contribution in [0.5, 0.6) is 5.75 Å². The summed E-state index contributed by atoms with van der Waals surface area (Å²) in [4.78, 5) is 32.0. The summed E-state index contributed by atoms with van der Waals surface area (Å²) in [5.41, 5.74) is 1.71. The molecule has 0 spiro atoms. The van der Waals surface area contributed by atoms with Crippen molar-refractivity contribution in [3.8, 4) is 17.0 Å². The molecule has 1 N–H and O–H groups in total. The van der Waals surface area contributed by atoms with Gasteiger partial charge in [-0.2, -0.15) is 4.98 Å². The predicted molar refractivity (Wildman–Crippen MR) is 89.5 cm³/mol. The highest BCUT2D eigenvalue weighted by molar-refractivity contribution is 5.77. The topological polar surface area (TPSA) is 86.3 Å². The lowest BCUT2D eigenvalue weighted by atomic mass is 10.2. The fraction of sp³-hybridized carbons (Fsp3) is 0.188. The monoisotopic (exact) mass is 325 g/mol. The highest BCUT2D eigenvalue weighted by Crippen LogP contribution is 2.23. The maximum atomic E-state index is 12.5. The van der Waals surface area contributed by atoms with Gasteiger partial charge in [0.15, 0.2) is 11.2 Å². The van der Waals surface area contributed by atoms with Crippen LogP contribution in [0.15, 0.2) is 40.1 Å². The molecule has 0 fully saturated rings. The summed E-state index contributed by atoms with van der Waals surface area (Å²) in [6.07, 6.45) is 1.80. The minimum Gasteiger partial charge on any atom is -0.497 e. The second-order valence-corrected chi connectivity index (χ2v) is 5.58. The van der Waals surface area contributed by atoms with Crippen LogP contribution in [-0.2, 0) is 14.1 Å². The van der Waals surface area contributed by atoms with Gasteiger partial charge in [-0.15, -0.1) is 0 Å². The molecule has 0 radical (unpaired) electrons. The Kier molecular flexibility index (Phi) is 2.89. The number of aryl methyl sites for hydroxylation is 1. The number of ether oxygens (including phenoxy) is 1. The molecule has 122 valence electrons. The quantitative estimate of drug-likeness (QED) is 0.593. The zero-order valence-corrected chi connectivity index (χ0v) is 13.4. The van der Waals surface area contributed by atoms with E-state index in [-0.39, 0.29) is 5.56 Å². The highest BCUT2D eigenvalue weighted by atomic mass is 16.5. The van der Waals surface area contributed by atoms with E-state index in [0.29, 0.717) is 16.9 Å². The first-order valence-electron chi connectivity index (χ1n) is 7.32. The van der Waals surface area contributed by atoms with E-state index in [9.17, 15) is 9.59 Å². The summed E-state index contributed by atoms with van der Waals surface area (Å²) < 4.78 is 9.28. The average molecular weight is 325 g/mol. The van der Waals surface area contributed by atoms with Crippen molar-refractivity contribution in [2.45, 2.75) is 0 Å². The summed E-state index contributed by atoms with van der Waals surface area (Å²) in [7, 11) is 4.67. The molecule has 8 nitrogen and oxygen atoms in total. The Morgan fingerprint density at radius 1 is 1.08 bits per heavy atom. The Balaban J connectivity index is 1.99. The number of hydrogen-bond acceptors (Lipinski definition) is 4. The molecule has 4 rings (SSSR count). The van der Waals surface area contributed by atoms with E-state index in [1.54, 1.807) is 24.8 Å². The van der Waals surface area contributed by atoms with Crippen LogP contribution in [0.2, 0.25) is 0 Å². The van der Waals surface area contributed by atoms with Crippen molar-refractivity contribution in [1.29, 1.82) is 0 Å². The van der Waals surface area contributed by atoms with Gasteiger partial charge in [-0.1, -0.05) is 0 Å². The van der Waals surface area contributed by atoms with Gasteiger partial charge in [-0.05, 0) is 29.8 Å². The van der Waals surface area contributed by atoms with Crippen molar-refractivity contribution in [3.05, 3.63) is 51.3 Å². The number of H-pyrrole nitrogens is 1. The Labute approximate surface area is 135 Å². The molecular formula is C16H15N5O3. The standard InChI is InChI=1S/C16H15N5O3/c1-19-13-12(14(22)20(2)16(19)23)21-8-11(17-15(21)18-13)9-4-6-10(24-3)7-5-9/h4-8H,1-3H3,(H,17,18). The van der Waals surface area contributed by atoms with Gasteiger partial charge in [0.2, 0.25) is 5.78 Å². The fourth-order valence-electron chi connectivity index (χ4n) is 2.83. The molecule has 0 aliphatic rings. The van der Waals surface area contributed by atoms with E-state index >= 15 is 0 Å². The number of aromatic nitrogens is 5. The van der Waals surface area contributed by atoms with Gasteiger partial charge in [0.1, 0.15) is 5.75 Å². The first kappa shape index (κ1) is 14.3. The molecule has 3 aromatic heterocycles. The van der Waals surface area contributed by atoms with E-state index in [2.05, 4.69) is 9.97 Å². The van der Waals surface area contributed by atoms with Gasteiger partial charge >= 0.3 is 5.69 Å². The molecule has 0 unspecified atom stereocenters. The van der Waals surface area contributed by atoms with Crippen molar-refractivity contribution in [2.24, 2.45) is 14.1 Å². The van der Waals surface area contributed by atoms with Crippen LogP contribution in [-0.4, -0.2) is 30.6 Å². The van der Waals surface area contributed by atoms with Crippen LogP contribution >= 0.6 is 0 Å². The Hall–Kier alpha value is -3.29. The Morgan fingerprint density at radius 3 is 2.46 bits per heavy atom. The van der Waals surface area contributed by atoms with E-state index in [0.717, 1.165) is 21.6 Å². The summed E-state index contributed by atoms with van der Waals surface area (Å²) in [6.45, 7) is 0. The van der Waals surface area contributed by atoms with Crippen LogP contribution in [0.4, 0.5) is 0 Å². The summed E-state index contributed by atoms with van der Waals surface area (Å²) in [5.74, 6) is 1.28. The van der Waals surface area contributed by atoms with E-state index in [1.165, 1.54) is 11.6 Å². The van der Waals surface area contributed by atoms with Crippen molar-refractivity contribution >= 4 is 16.9 Å². The van der Waals surface area contributed by atoms with E-state index in [1.807, 2.05) is 24.3 Å². The van der Waals surface area contributed by atoms with Gasteiger partial charge in [0.25, 0.3) is 5.56 Å². The lowest BCUT2D eigenvalue weighted by Crippen LogP contribution is -2.37. The second-order valence-electron chi connectivity index (χ2n) is 5.58. The van der Waals surface area contributed by atoms with E-state index in [4.69, 9.17) is 4.74 Å². The molecule has 8 heteroatoms. The maximum absolute atomic E-state index is 12.5. The first-order chi connectivity index (χ1) is 11.5. The summed E-state index contributed by atoms with van der Waals surface area (Å²) >= 11 is 0. The van der Waals surface area contributed by atoms with Gasteiger partial charge in [0, 0.05) is 20.3 Å². The number of fused-ring (bicyclic) bond motifs is 3. The molecular weight excluding hydrogens is 310 g/mol. The Bertz CT molecular complexity index is 1190. The first-order valence-corrected chi connectivity index (χ1v) is 7.32. The number of benzene rings is 1. The molecule has 0 saturated carbocycles. The molecule has 0 saturated heterocycles. The van der Waals surface area contributed by atoms with Gasteiger partial charge in [-0.3, -0.25) is 18.3 Å². The third-order valence-corrected chi connectivity index (χ3v) is 4.20. The van der Waals surface area contributed by atoms with Crippen LogP contribution in [0.1, 0.15) is 0 Å². The number of imidazole rings is 2. The lowest BCUT2D eigenvalue weighted by molar-refractivity contribution is 0.415. The van der Waals surface area contributed by atoms with Crippen LogP contribution in [0.3, 0.4) is 0 Å². The smallest absolute Gasteiger partial charge is 0.332 e.